The number of hydrogen-bond donors (Lipinski definition) is 1. The van der Waals surface area contributed by atoms with Crippen molar-refractivity contribution in [2.45, 2.75) is 38.3 Å². The number of nitrogens with zero attached hydrogens (tertiary/aromatic N) is 2. The molecule has 3 saturated heterocycles. The lowest BCUT2D eigenvalue weighted by Crippen LogP contribution is -2.54. The van der Waals surface area contributed by atoms with Crippen molar-refractivity contribution < 1.29 is 14.4 Å². The molecule has 4 aliphatic heterocycles. The Morgan fingerprint density at radius 2 is 1.84 bits per heavy atom. The van der Waals surface area contributed by atoms with Gasteiger partial charge in [-0.1, -0.05) is 40.9 Å². The van der Waals surface area contributed by atoms with Crippen molar-refractivity contribution in [1.82, 2.24) is 4.90 Å². The predicted octanol–water partition coefficient (Wildman–Crippen LogP) is 4.04. The molecular formula is C24H21Cl2N3O3. The minimum Gasteiger partial charge on any atom is -0.324 e. The van der Waals surface area contributed by atoms with Gasteiger partial charge in [0.1, 0.15) is 5.54 Å². The largest absolute Gasteiger partial charge is 0.324 e. The fourth-order valence-electron chi connectivity index (χ4n) is 6.55. The molecule has 0 unspecified atom stereocenters. The summed E-state index contributed by atoms with van der Waals surface area (Å²) >= 11 is 12.5. The van der Waals surface area contributed by atoms with Crippen LogP contribution >= 0.6 is 23.2 Å². The maximum absolute atomic E-state index is 14.0. The molecule has 0 bridgehead atoms. The van der Waals surface area contributed by atoms with Crippen LogP contribution in [0.4, 0.5) is 11.4 Å². The van der Waals surface area contributed by atoms with Crippen LogP contribution in [0.5, 0.6) is 0 Å². The Balaban J connectivity index is 1.59. The average Bonchev–Trinajstić information content (AvgIpc) is 3.43. The molecule has 1 spiro atoms. The van der Waals surface area contributed by atoms with Crippen LogP contribution in [0, 0.1) is 25.7 Å². The summed E-state index contributed by atoms with van der Waals surface area (Å²) in [6.45, 7) is 4.62. The highest BCUT2D eigenvalue weighted by molar-refractivity contribution is 6.38. The van der Waals surface area contributed by atoms with Gasteiger partial charge in [-0.05, 0) is 57.0 Å². The fraction of sp³-hybridized carbons (Fsp3) is 0.375. The van der Waals surface area contributed by atoms with Gasteiger partial charge in [-0.15, -0.1) is 0 Å². The smallest absolute Gasteiger partial charge is 0.250 e. The molecule has 0 radical (unpaired) electrons. The molecule has 164 valence electrons. The number of rotatable bonds is 1. The van der Waals surface area contributed by atoms with E-state index in [9.17, 15) is 14.4 Å². The van der Waals surface area contributed by atoms with Gasteiger partial charge in [0.15, 0.2) is 0 Å². The molecule has 6 nitrogen and oxygen atoms in total. The number of anilines is 2. The predicted molar refractivity (Wildman–Crippen MR) is 122 cm³/mol. The first-order chi connectivity index (χ1) is 15.3. The zero-order chi connectivity index (χ0) is 22.5. The van der Waals surface area contributed by atoms with E-state index in [1.54, 1.807) is 12.1 Å². The summed E-state index contributed by atoms with van der Waals surface area (Å²) in [7, 11) is 0. The van der Waals surface area contributed by atoms with E-state index in [1.165, 1.54) is 6.07 Å². The molecule has 0 aliphatic carbocycles. The minimum absolute atomic E-state index is 0.170. The Kier molecular flexibility index (Phi) is 4.15. The van der Waals surface area contributed by atoms with Crippen LogP contribution in [0.2, 0.25) is 10.0 Å². The van der Waals surface area contributed by atoms with Gasteiger partial charge in [0.05, 0.1) is 22.5 Å². The summed E-state index contributed by atoms with van der Waals surface area (Å²) in [6.07, 6.45) is 1.65. The summed E-state index contributed by atoms with van der Waals surface area (Å²) in [5.41, 5.74) is 2.62. The van der Waals surface area contributed by atoms with Gasteiger partial charge in [-0.2, -0.15) is 0 Å². The van der Waals surface area contributed by atoms with Crippen LogP contribution < -0.4 is 10.2 Å². The topological polar surface area (TPSA) is 69.7 Å². The highest BCUT2D eigenvalue weighted by Crippen LogP contribution is 2.61. The van der Waals surface area contributed by atoms with Gasteiger partial charge in [0.25, 0.3) is 0 Å². The van der Waals surface area contributed by atoms with Crippen molar-refractivity contribution in [3.05, 3.63) is 57.1 Å². The highest BCUT2D eigenvalue weighted by atomic mass is 35.5. The van der Waals surface area contributed by atoms with E-state index in [0.717, 1.165) is 40.1 Å². The number of halogens is 2. The van der Waals surface area contributed by atoms with Gasteiger partial charge >= 0.3 is 0 Å². The maximum Gasteiger partial charge on any atom is 0.250 e. The van der Waals surface area contributed by atoms with Gasteiger partial charge in [0, 0.05) is 22.3 Å². The summed E-state index contributed by atoms with van der Waals surface area (Å²) in [5, 5.41) is 3.71. The standard InChI is InChI=1S/C24H21Cl2N3O3/c1-11-8-12(2)20-14(9-11)24(23(32)27-20)19-18(16-4-3-7-28(16)24)21(30)29(22(19)31)17-10-13(25)5-6-15(17)26/h5-6,8-10,16,18-19H,3-4,7H2,1-2H3,(H,27,32)/t16-,18+,19+,24-/m1/s1. The third kappa shape index (κ3) is 2.28. The van der Waals surface area contributed by atoms with Crippen molar-refractivity contribution in [3.8, 4) is 0 Å². The lowest BCUT2D eigenvalue weighted by Gasteiger charge is -2.37. The van der Waals surface area contributed by atoms with Crippen LogP contribution in [-0.4, -0.2) is 35.2 Å². The molecule has 3 amide bonds. The number of aryl methyl sites for hydroxylation is 2. The lowest BCUT2D eigenvalue weighted by atomic mass is 9.75. The van der Waals surface area contributed by atoms with Gasteiger partial charge < -0.3 is 5.32 Å². The second kappa shape index (κ2) is 6.56. The Hall–Kier alpha value is -2.41. The number of fused-ring (bicyclic) bond motifs is 7. The van der Waals surface area contributed by atoms with E-state index >= 15 is 0 Å². The van der Waals surface area contributed by atoms with Gasteiger partial charge in [-0.25, -0.2) is 4.90 Å². The molecule has 8 heteroatoms. The van der Waals surface area contributed by atoms with Crippen LogP contribution in [0.25, 0.3) is 0 Å². The first-order valence-corrected chi connectivity index (χ1v) is 11.5. The van der Waals surface area contributed by atoms with Crippen molar-refractivity contribution in [2.75, 3.05) is 16.8 Å². The number of amides is 3. The first kappa shape index (κ1) is 20.2. The number of carbonyl (C=O) groups is 3. The van der Waals surface area contributed by atoms with Crippen LogP contribution in [0.3, 0.4) is 0 Å². The SMILES string of the molecule is Cc1cc(C)c2c(c1)[C@]1(C(=O)N2)[C@@H]2C(=O)N(c3cc(Cl)ccc3Cl)C(=O)[C@H]2[C@H]2CCCN21. The number of nitrogens with one attached hydrogen (secondary N) is 1. The summed E-state index contributed by atoms with van der Waals surface area (Å²) < 4.78 is 0. The van der Waals surface area contributed by atoms with E-state index in [-0.39, 0.29) is 34.5 Å². The molecule has 4 heterocycles. The van der Waals surface area contributed by atoms with Crippen molar-refractivity contribution in [1.29, 1.82) is 0 Å². The van der Waals surface area contributed by atoms with E-state index in [0.29, 0.717) is 11.6 Å². The molecule has 3 fully saturated rings. The Morgan fingerprint density at radius 3 is 2.62 bits per heavy atom. The fourth-order valence-corrected chi connectivity index (χ4v) is 6.92. The normalized spacial score (nSPS) is 30.8. The zero-order valence-electron chi connectivity index (χ0n) is 17.6. The second-order valence-electron chi connectivity index (χ2n) is 9.24. The zero-order valence-corrected chi connectivity index (χ0v) is 19.1. The lowest BCUT2D eigenvalue weighted by molar-refractivity contribution is -0.135. The van der Waals surface area contributed by atoms with E-state index in [4.69, 9.17) is 23.2 Å². The number of hydrogen-bond acceptors (Lipinski definition) is 4. The summed E-state index contributed by atoms with van der Waals surface area (Å²) in [5.74, 6) is -2.32. The molecule has 2 aromatic carbocycles. The van der Waals surface area contributed by atoms with Crippen LogP contribution in [-0.2, 0) is 19.9 Å². The van der Waals surface area contributed by atoms with Crippen LogP contribution in [0.15, 0.2) is 30.3 Å². The monoisotopic (exact) mass is 469 g/mol. The summed E-state index contributed by atoms with van der Waals surface area (Å²) in [6, 6.07) is 8.58. The minimum atomic E-state index is -1.19. The molecule has 2 aromatic rings. The molecule has 32 heavy (non-hydrogen) atoms. The molecular weight excluding hydrogens is 449 g/mol. The summed E-state index contributed by atoms with van der Waals surface area (Å²) in [4.78, 5) is 44.7. The third-order valence-corrected chi connectivity index (χ3v) is 8.15. The van der Waals surface area contributed by atoms with Crippen molar-refractivity contribution in [3.63, 3.8) is 0 Å². The molecule has 0 aromatic heterocycles. The number of imide groups is 1. The van der Waals surface area contributed by atoms with Crippen molar-refractivity contribution >= 4 is 52.3 Å². The molecule has 6 rings (SSSR count). The third-order valence-electron chi connectivity index (χ3n) is 7.59. The van der Waals surface area contributed by atoms with Crippen molar-refractivity contribution in [2.24, 2.45) is 11.8 Å². The Labute approximate surface area is 195 Å². The van der Waals surface area contributed by atoms with Gasteiger partial charge in [0.2, 0.25) is 17.7 Å². The molecule has 4 atom stereocenters. The van der Waals surface area contributed by atoms with E-state index in [1.807, 2.05) is 26.0 Å². The second-order valence-corrected chi connectivity index (χ2v) is 10.1. The number of benzene rings is 2. The molecule has 0 saturated carbocycles. The quantitative estimate of drug-likeness (QED) is 0.639. The first-order valence-electron chi connectivity index (χ1n) is 10.8. The Bertz CT molecular complexity index is 1250. The average molecular weight is 470 g/mol. The van der Waals surface area contributed by atoms with Crippen LogP contribution in [0.1, 0.15) is 29.5 Å². The number of carbonyl (C=O) groups excluding carboxylic acids is 3. The van der Waals surface area contributed by atoms with E-state index in [2.05, 4.69) is 10.2 Å². The Morgan fingerprint density at radius 1 is 1.06 bits per heavy atom. The molecule has 4 aliphatic rings. The highest BCUT2D eigenvalue weighted by Gasteiger charge is 2.74. The maximum atomic E-state index is 14.0. The van der Waals surface area contributed by atoms with Gasteiger partial charge in [-0.3, -0.25) is 19.3 Å². The molecule has 1 N–H and O–H groups in total. The van der Waals surface area contributed by atoms with E-state index < -0.39 is 17.4 Å².